The Balaban J connectivity index is 4.21. The molecular formula is C55H95N2O6P. The summed E-state index contributed by atoms with van der Waals surface area (Å²) >= 11 is 0. The van der Waals surface area contributed by atoms with Gasteiger partial charge in [0, 0.05) is 6.42 Å². The van der Waals surface area contributed by atoms with Gasteiger partial charge in [-0.05, 0) is 89.9 Å². The minimum atomic E-state index is -4.60. The van der Waals surface area contributed by atoms with Crippen molar-refractivity contribution >= 4 is 13.7 Å². The van der Waals surface area contributed by atoms with Crippen LogP contribution in [0.2, 0.25) is 0 Å². The Morgan fingerprint density at radius 3 is 1.45 bits per heavy atom. The van der Waals surface area contributed by atoms with Crippen molar-refractivity contribution in [3.63, 3.8) is 0 Å². The first-order valence-corrected chi connectivity index (χ1v) is 26.7. The molecule has 0 aliphatic carbocycles. The van der Waals surface area contributed by atoms with Crippen LogP contribution in [0.1, 0.15) is 181 Å². The Labute approximate surface area is 393 Å². The highest BCUT2D eigenvalue weighted by molar-refractivity contribution is 7.45. The van der Waals surface area contributed by atoms with Crippen LogP contribution in [0, 0.1) is 0 Å². The number of nitrogens with one attached hydrogen (secondary N) is 1. The fourth-order valence-corrected chi connectivity index (χ4v) is 7.22. The van der Waals surface area contributed by atoms with Gasteiger partial charge in [-0.15, -0.1) is 0 Å². The van der Waals surface area contributed by atoms with Gasteiger partial charge < -0.3 is 28.8 Å². The van der Waals surface area contributed by atoms with Crippen LogP contribution in [-0.2, 0) is 18.4 Å². The Hall–Kier alpha value is -2.84. The normalized spacial score (nSPS) is 15.0. The van der Waals surface area contributed by atoms with Gasteiger partial charge in [0.15, 0.2) is 0 Å². The van der Waals surface area contributed by atoms with E-state index in [0.717, 1.165) is 96.3 Å². The van der Waals surface area contributed by atoms with Gasteiger partial charge in [-0.3, -0.25) is 9.36 Å². The fourth-order valence-electron chi connectivity index (χ4n) is 6.50. The number of likely N-dealkylation sites (N-methyl/N-ethyl adjacent to an activating group) is 1. The minimum absolute atomic E-state index is 0.0134. The number of hydrogen-bond donors (Lipinski definition) is 2. The van der Waals surface area contributed by atoms with E-state index in [2.05, 4.69) is 116 Å². The SMILES string of the molecule is CC/C=C\C/C=C\C/C=C\C/C=C\C/C=C\C/C=C\C/C=C\CCCCCCCCCCCC(=O)NC(COP(=O)([O-])OCC[N+](C)(C)C)C(O)/C=C/CC/C=C/CCCCCCC. The average molecular weight is 911 g/mol. The maximum Gasteiger partial charge on any atom is 0.268 e. The van der Waals surface area contributed by atoms with Gasteiger partial charge >= 0.3 is 0 Å². The number of allylic oxidation sites excluding steroid dienone is 17. The summed E-state index contributed by atoms with van der Waals surface area (Å²) in [4.78, 5) is 25.3. The van der Waals surface area contributed by atoms with Crippen LogP contribution in [0.15, 0.2) is 109 Å². The first kappa shape index (κ1) is 61.2. The Morgan fingerprint density at radius 2 is 0.969 bits per heavy atom. The van der Waals surface area contributed by atoms with Gasteiger partial charge in [0.05, 0.1) is 39.9 Å². The predicted molar refractivity (Wildman–Crippen MR) is 274 cm³/mol. The number of phosphoric ester groups is 1. The number of carbonyl (C=O) groups excluding carboxylic acids is 1. The van der Waals surface area contributed by atoms with E-state index < -0.39 is 26.6 Å². The lowest BCUT2D eigenvalue weighted by atomic mass is 10.1. The van der Waals surface area contributed by atoms with Crippen molar-refractivity contribution in [1.29, 1.82) is 0 Å². The molecule has 0 rings (SSSR count). The molecule has 8 nitrogen and oxygen atoms in total. The molecular weight excluding hydrogens is 816 g/mol. The molecule has 0 aromatic rings. The first-order chi connectivity index (χ1) is 31.0. The van der Waals surface area contributed by atoms with E-state index in [9.17, 15) is 19.4 Å². The smallest absolute Gasteiger partial charge is 0.268 e. The Morgan fingerprint density at radius 1 is 0.562 bits per heavy atom. The van der Waals surface area contributed by atoms with Crippen LogP contribution < -0.4 is 10.2 Å². The number of amides is 1. The zero-order valence-corrected chi connectivity index (χ0v) is 42.3. The summed E-state index contributed by atoms with van der Waals surface area (Å²) < 4.78 is 23.2. The molecule has 1 amide bonds. The van der Waals surface area contributed by atoms with Crippen LogP contribution in [-0.4, -0.2) is 68.5 Å². The molecule has 0 bridgehead atoms. The third-order valence-corrected chi connectivity index (χ3v) is 11.4. The summed E-state index contributed by atoms with van der Waals surface area (Å²) in [5, 5.41) is 13.7. The largest absolute Gasteiger partial charge is 0.756 e. The molecule has 0 aromatic heterocycles. The van der Waals surface area contributed by atoms with Crippen molar-refractivity contribution < 1.29 is 32.9 Å². The van der Waals surface area contributed by atoms with Gasteiger partial charge in [0.1, 0.15) is 13.2 Å². The zero-order chi connectivity index (χ0) is 47.1. The van der Waals surface area contributed by atoms with Crippen LogP contribution in [0.5, 0.6) is 0 Å². The second-order valence-electron chi connectivity index (χ2n) is 17.8. The standard InChI is InChI=1S/C55H95N2O6P/c1-6-8-10-12-14-16-18-19-20-21-22-23-24-25-26-27-28-29-30-31-32-33-34-35-36-37-39-41-43-45-47-49-55(59)56-53(52-63-64(60,61)62-51-50-57(3,4)5)54(58)48-46-44-42-40-38-17-15-13-11-9-7-2/h8,10,14,16,19-20,22-23,25-26,28-29,31-32,38,40,46,48,53-54,58H,6-7,9,11-13,15,17-18,21,24,27,30,33-37,39,41-45,47,49-52H2,1-5H3,(H-,56,59,60,61)/b10-8-,16-14-,20-19-,23-22-,26-25-,29-28-,32-31-,40-38+,48-46+. The number of quaternary nitrogens is 1. The molecule has 64 heavy (non-hydrogen) atoms. The van der Waals surface area contributed by atoms with Crippen molar-refractivity contribution in [3.05, 3.63) is 109 Å². The fraction of sp³-hybridized carbons (Fsp3) is 0.655. The Bertz CT molecular complexity index is 1400. The monoisotopic (exact) mass is 911 g/mol. The van der Waals surface area contributed by atoms with Gasteiger partial charge in [-0.25, -0.2) is 0 Å². The highest BCUT2D eigenvalue weighted by Gasteiger charge is 2.23. The van der Waals surface area contributed by atoms with Crippen molar-refractivity contribution in [3.8, 4) is 0 Å². The lowest BCUT2D eigenvalue weighted by Crippen LogP contribution is -2.45. The second-order valence-corrected chi connectivity index (χ2v) is 19.2. The van der Waals surface area contributed by atoms with E-state index in [-0.39, 0.29) is 12.5 Å². The molecule has 0 aliphatic heterocycles. The van der Waals surface area contributed by atoms with E-state index in [1.165, 1.54) is 64.2 Å². The van der Waals surface area contributed by atoms with Crippen molar-refractivity contribution in [1.82, 2.24) is 5.32 Å². The molecule has 0 aromatic carbocycles. The molecule has 3 unspecified atom stereocenters. The predicted octanol–water partition coefficient (Wildman–Crippen LogP) is 14.2. The number of rotatable bonds is 44. The van der Waals surface area contributed by atoms with Crippen molar-refractivity contribution in [2.45, 2.75) is 193 Å². The second kappa shape index (κ2) is 45.3. The van der Waals surface area contributed by atoms with E-state index >= 15 is 0 Å². The molecule has 0 aliphatic rings. The number of unbranched alkanes of at least 4 members (excludes halogenated alkanes) is 15. The highest BCUT2D eigenvalue weighted by atomic mass is 31.2. The van der Waals surface area contributed by atoms with Crippen molar-refractivity contribution in [2.24, 2.45) is 0 Å². The molecule has 3 atom stereocenters. The summed E-state index contributed by atoms with van der Waals surface area (Å²) in [5.41, 5.74) is 0. The van der Waals surface area contributed by atoms with E-state index in [1.54, 1.807) is 6.08 Å². The van der Waals surface area contributed by atoms with Gasteiger partial charge in [-0.1, -0.05) is 194 Å². The maximum absolute atomic E-state index is 12.9. The number of nitrogens with zero attached hydrogens (tertiary/aromatic N) is 1. The van der Waals surface area contributed by atoms with E-state index in [0.29, 0.717) is 17.4 Å². The van der Waals surface area contributed by atoms with Crippen LogP contribution in [0.25, 0.3) is 0 Å². The molecule has 0 saturated carbocycles. The molecule has 2 N–H and O–H groups in total. The summed E-state index contributed by atoms with van der Waals surface area (Å²) in [6, 6.07) is -0.912. The van der Waals surface area contributed by atoms with Crippen LogP contribution in [0.3, 0.4) is 0 Å². The lowest BCUT2D eigenvalue weighted by Gasteiger charge is -2.29. The van der Waals surface area contributed by atoms with E-state index in [4.69, 9.17) is 9.05 Å². The average Bonchev–Trinajstić information content (AvgIpc) is 3.25. The Kier molecular flexibility index (Phi) is 43.3. The van der Waals surface area contributed by atoms with Gasteiger partial charge in [0.2, 0.25) is 5.91 Å². The third-order valence-electron chi connectivity index (χ3n) is 10.5. The number of hydrogen-bond acceptors (Lipinski definition) is 6. The number of carbonyl (C=O) groups is 1. The number of aliphatic hydroxyl groups excluding tert-OH is 1. The zero-order valence-electron chi connectivity index (χ0n) is 41.4. The number of phosphoric acid groups is 1. The molecule has 0 fully saturated rings. The molecule has 0 heterocycles. The number of aliphatic hydroxyl groups is 1. The lowest BCUT2D eigenvalue weighted by molar-refractivity contribution is -0.870. The van der Waals surface area contributed by atoms with Crippen LogP contribution in [0.4, 0.5) is 0 Å². The van der Waals surface area contributed by atoms with E-state index in [1.807, 2.05) is 27.2 Å². The first-order valence-electron chi connectivity index (χ1n) is 25.2. The highest BCUT2D eigenvalue weighted by Crippen LogP contribution is 2.38. The molecule has 9 heteroatoms. The maximum atomic E-state index is 12.9. The summed E-state index contributed by atoms with van der Waals surface area (Å²) in [5.74, 6) is -0.221. The third kappa shape index (κ3) is 47.1. The molecule has 0 radical (unpaired) electrons. The minimum Gasteiger partial charge on any atom is -0.756 e. The summed E-state index contributed by atoms with van der Waals surface area (Å²) in [7, 11) is 1.22. The van der Waals surface area contributed by atoms with Gasteiger partial charge in [-0.2, -0.15) is 0 Å². The molecule has 0 spiro atoms. The quantitative estimate of drug-likeness (QED) is 0.0273. The topological polar surface area (TPSA) is 108 Å². The summed E-state index contributed by atoms with van der Waals surface area (Å²) in [6.07, 6.45) is 65.8. The summed E-state index contributed by atoms with van der Waals surface area (Å²) in [6.45, 7) is 4.45. The van der Waals surface area contributed by atoms with Crippen molar-refractivity contribution in [2.75, 3.05) is 40.9 Å². The van der Waals surface area contributed by atoms with Gasteiger partial charge in [0.25, 0.3) is 7.82 Å². The van der Waals surface area contributed by atoms with Crippen LogP contribution >= 0.6 is 7.82 Å². The molecule has 0 saturated heterocycles. The molecule has 366 valence electrons.